The van der Waals surface area contributed by atoms with Crippen LogP contribution in [-0.4, -0.2) is 14.1 Å². The van der Waals surface area contributed by atoms with Gasteiger partial charge < -0.3 is 0 Å². The van der Waals surface area contributed by atoms with Crippen LogP contribution in [0.3, 0.4) is 0 Å². The Morgan fingerprint density at radius 1 is 1.27 bits per heavy atom. The van der Waals surface area contributed by atoms with E-state index in [0.717, 1.165) is 12.1 Å². The van der Waals surface area contributed by atoms with E-state index in [1.165, 1.54) is 0 Å². The number of carbonyl (C=O) groups excluding carboxylic acids is 1. The van der Waals surface area contributed by atoms with Gasteiger partial charge in [-0.2, -0.15) is 0 Å². The number of rotatable bonds is 1. The Labute approximate surface area is 63.4 Å². The average molecular weight is 152 g/mol. The van der Waals surface area contributed by atoms with Crippen molar-refractivity contribution in [1.82, 2.24) is 0 Å². The molecule has 1 nitrogen and oxygen atoms in total. The van der Waals surface area contributed by atoms with Gasteiger partial charge in [0.15, 0.2) is 11.6 Å². The van der Waals surface area contributed by atoms with Crippen LogP contribution in [0.25, 0.3) is 0 Å². The Balaban J connectivity index is 3.31. The van der Waals surface area contributed by atoms with Crippen molar-refractivity contribution in [3.63, 3.8) is 0 Å². The predicted molar refractivity (Wildman–Crippen MR) is 37.1 cm³/mol. The lowest BCUT2D eigenvalue weighted by Gasteiger charge is -1.98. The molecule has 54 valence electrons. The van der Waals surface area contributed by atoms with E-state index in [1.54, 1.807) is 0 Å². The Bertz CT molecular complexity index is 299. The van der Waals surface area contributed by atoms with Gasteiger partial charge in [0.2, 0.25) is 0 Å². The lowest BCUT2D eigenvalue weighted by molar-refractivity contribution is 0.112. The van der Waals surface area contributed by atoms with Crippen LogP contribution in [0.1, 0.15) is 10.4 Å². The summed E-state index contributed by atoms with van der Waals surface area (Å²) in [5.74, 6) is -2.12. The van der Waals surface area contributed by atoms with E-state index in [1.807, 2.05) is 0 Å². The van der Waals surface area contributed by atoms with Gasteiger partial charge in [-0.15, -0.1) is 0 Å². The first kappa shape index (κ1) is 7.92. The molecule has 0 aliphatic rings. The van der Waals surface area contributed by atoms with Gasteiger partial charge in [0.25, 0.3) is 0 Å². The third-order valence-corrected chi connectivity index (χ3v) is 1.25. The molecular weight excluding hydrogens is 149 g/mol. The molecule has 0 saturated carbocycles. The third kappa shape index (κ3) is 1.45. The van der Waals surface area contributed by atoms with Gasteiger partial charge in [-0.3, -0.25) is 4.79 Å². The number of carbonyl (C=O) groups is 1. The summed E-state index contributed by atoms with van der Waals surface area (Å²) < 4.78 is 24.7. The summed E-state index contributed by atoms with van der Waals surface area (Å²) in [5, 5.41) is 0. The van der Waals surface area contributed by atoms with Gasteiger partial charge in [-0.1, -0.05) is 5.46 Å². The average Bonchev–Trinajstić information content (AvgIpc) is 1.97. The van der Waals surface area contributed by atoms with Gasteiger partial charge in [-0.25, -0.2) is 8.78 Å². The largest absolute Gasteiger partial charge is 0.298 e. The highest BCUT2D eigenvalue weighted by Crippen LogP contribution is 2.03. The molecule has 0 aromatic heterocycles. The molecule has 0 aliphatic carbocycles. The van der Waals surface area contributed by atoms with E-state index < -0.39 is 11.6 Å². The Kier molecular flexibility index (Phi) is 2.03. The SMILES string of the molecule is [B]c1cc(F)c(F)cc1C=O. The first-order valence-electron chi connectivity index (χ1n) is 2.85. The van der Waals surface area contributed by atoms with E-state index in [2.05, 4.69) is 0 Å². The smallest absolute Gasteiger partial charge is 0.159 e. The molecule has 0 bridgehead atoms. The first-order valence-corrected chi connectivity index (χ1v) is 2.85. The van der Waals surface area contributed by atoms with Crippen LogP contribution in [-0.2, 0) is 0 Å². The highest BCUT2D eigenvalue weighted by atomic mass is 19.2. The maximum absolute atomic E-state index is 12.4. The summed E-state index contributed by atoms with van der Waals surface area (Å²) in [5.41, 5.74) is -0.0946. The summed E-state index contributed by atoms with van der Waals surface area (Å²) >= 11 is 0. The van der Waals surface area contributed by atoms with Gasteiger partial charge in [-0.05, 0) is 12.1 Å². The second kappa shape index (κ2) is 2.82. The topological polar surface area (TPSA) is 17.1 Å². The third-order valence-electron chi connectivity index (χ3n) is 1.25. The summed E-state index contributed by atoms with van der Waals surface area (Å²) in [7, 11) is 5.16. The van der Waals surface area contributed by atoms with Crippen LogP contribution in [0.15, 0.2) is 12.1 Å². The lowest BCUT2D eigenvalue weighted by Crippen LogP contribution is -2.11. The van der Waals surface area contributed by atoms with Crippen LogP contribution in [0.5, 0.6) is 0 Å². The second-order valence-corrected chi connectivity index (χ2v) is 2.01. The molecule has 0 heterocycles. The second-order valence-electron chi connectivity index (χ2n) is 2.01. The highest BCUT2D eigenvalue weighted by molar-refractivity contribution is 6.35. The number of halogens is 2. The minimum Gasteiger partial charge on any atom is -0.298 e. The quantitative estimate of drug-likeness (QED) is 0.424. The van der Waals surface area contributed by atoms with Crippen molar-refractivity contribution in [2.45, 2.75) is 0 Å². The van der Waals surface area contributed by atoms with Gasteiger partial charge in [0.1, 0.15) is 14.1 Å². The molecule has 0 saturated heterocycles. The van der Waals surface area contributed by atoms with E-state index in [9.17, 15) is 13.6 Å². The molecule has 2 radical (unpaired) electrons. The molecule has 0 fully saturated rings. The van der Waals surface area contributed by atoms with Crippen molar-refractivity contribution < 1.29 is 13.6 Å². The van der Waals surface area contributed by atoms with Gasteiger partial charge >= 0.3 is 0 Å². The molecule has 1 aromatic rings. The van der Waals surface area contributed by atoms with Crippen molar-refractivity contribution in [3.8, 4) is 0 Å². The molecule has 0 spiro atoms. The fourth-order valence-corrected chi connectivity index (χ4v) is 0.680. The summed E-state index contributed by atoms with van der Waals surface area (Å²) in [6.45, 7) is 0. The van der Waals surface area contributed by atoms with E-state index in [4.69, 9.17) is 7.85 Å². The molecule has 0 N–H and O–H groups in total. The van der Waals surface area contributed by atoms with Gasteiger partial charge in [0, 0.05) is 5.56 Å². The van der Waals surface area contributed by atoms with Crippen LogP contribution >= 0.6 is 0 Å². The molecule has 4 heteroatoms. The minimum atomic E-state index is -1.07. The Morgan fingerprint density at radius 2 is 1.82 bits per heavy atom. The summed E-state index contributed by atoms with van der Waals surface area (Å²) in [4.78, 5) is 10.1. The van der Waals surface area contributed by atoms with E-state index >= 15 is 0 Å². The van der Waals surface area contributed by atoms with Crippen LogP contribution in [0, 0.1) is 11.6 Å². The highest BCUT2D eigenvalue weighted by Gasteiger charge is 2.04. The molecule has 0 atom stereocenters. The normalized spacial score (nSPS) is 9.64. The number of hydrogen-bond donors (Lipinski definition) is 0. The number of aldehydes is 1. The molecular formula is C7H3BF2O. The molecule has 0 aliphatic heterocycles. The number of hydrogen-bond acceptors (Lipinski definition) is 1. The van der Waals surface area contributed by atoms with Crippen molar-refractivity contribution in [2.75, 3.05) is 0 Å². The summed E-state index contributed by atoms with van der Waals surface area (Å²) in [6.07, 6.45) is 0.373. The van der Waals surface area contributed by atoms with Crippen molar-refractivity contribution in [2.24, 2.45) is 0 Å². The van der Waals surface area contributed by atoms with Crippen LogP contribution in [0.4, 0.5) is 8.78 Å². The monoisotopic (exact) mass is 152 g/mol. The van der Waals surface area contributed by atoms with Crippen LogP contribution in [0.2, 0.25) is 0 Å². The maximum atomic E-state index is 12.4. The standard InChI is InChI=1S/C7H3BF2O/c8-5-2-7(10)6(9)1-4(5)3-11/h1-3H. The Hall–Kier alpha value is -1.19. The first-order chi connectivity index (χ1) is 5.15. The minimum absolute atomic E-state index is 0.0381. The van der Waals surface area contributed by atoms with E-state index in [-0.39, 0.29) is 11.0 Å². The maximum Gasteiger partial charge on any atom is 0.159 e. The molecule has 1 aromatic carbocycles. The van der Waals surface area contributed by atoms with Crippen LogP contribution < -0.4 is 5.46 Å². The van der Waals surface area contributed by atoms with Crippen molar-refractivity contribution >= 4 is 19.6 Å². The zero-order valence-corrected chi connectivity index (χ0v) is 5.47. The number of benzene rings is 1. The molecule has 0 amide bonds. The predicted octanol–water partition coefficient (Wildman–Crippen LogP) is 0.571. The zero-order valence-electron chi connectivity index (χ0n) is 5.47. The van der Waals surface area contributed by atoms with Crippen molar-refractivity contribution in [1.29, 1.82) is 0 Å². The Morgan fingerprint density at radius 3 is 2.36 bits per heavy atom. The molecule has 1 rings (SSSR count). The zero-order chi connectivity index (χ0) is 8.43. The fourth-order valence-electron chi connectivity index (χ4n) is 0.680. The lowest BCUT2D eigenvalue weighted by atomic mass is 9.91. The summed E-state index contributed by atoms with van der Waals surface area (Å²) in [6, 6.07) is 1.54. The van der Waals surface area contributed by atoms with Crippen molar-refractivity contribution in [3.05, 3.63) is 29.3 Å². The fraction of sp³-hybridized carbons (Fsp3) is 0. The molecule has 0 unspecified atom stereocenters. The molecule has 11 heavy (non-hydrogen) atoms. The van der Waals surface area contributed by atoms with E-state index in [0.29, 0.717) is 6.29 Å². The van der Waals surface area contributed by atoms with Gasteiger partial charge in [0.05, 0.1) is 0 Å².